The summed E-state index contributed by atoms with van der Waals surface area (Å²) < 4.78 is 0. The fourth-order valence-electron chi connectivity index (χ4n) is 7.30. The summed E-state index contributed by atoms with van der Waals surface area (Å²) in [4.78, 5) is 5.62. The highest BCUT2D eigenvalue weighted by atomic mass is 15.2. The van der Waals surface area contributed by atoms with Crippen molar-refractivity contribution >= 4 is 0 Å². The zero-order valence-corrected chi connectivity index (χ0v) is 32.2. The van der Waals surface area contributed by atoms with Crippen molar-refractivity contribution in [2.75, 3.05) is 65.4 Å². The second kappa shape index (κ2) is 37.7. The molecule has 2 N–H and O–H groups in total. The maximum atomic E-state index is 3.66. The lowest BCUT2D eigenvalue weighted by atomic mass is 10.0. The van der Waals surface area contributed by atoms with Crippen LogP contribution < -0.4 is 10.6 Å². The first kappa shape index (κ1) is 43.9. The number of unbranched alkanes of at least 4 members (excludes halogenated alkanes) is 26. The fraction of sp³-hybridized carbons (Fsp3) is 1.00. The average molecular weight is 649 g/mol. The Kier molecular flexibility index (Phi) is 35.9. The van der Waals surface area contributed by atoms with Crippen molar-refractivity contribution in [3.63, 3.8) is 0 Å². The van der Waals surface area contributed by atoms with Gasteiger partial charge in [-0.15, -0.1) is 0 Å². The van der Waals surface area contributed by atoms with E-state index in [0.29, 0.717) is 0 Å². The summed E-state index contributed by atoms with van der Waals surface area (Å²) in [6, 6.07) is 0. The van der Waals surface area contributed by atoms with Gasteiger partial charge in [-0.25, -0.2) is 0 Å². The van der Waals surface area contributed by atoms with Crippen LogP contribution in [-0.4, -0.2) is 75.2 Å². The summed E-state index contributed by atoms with van der Waals surface area (Å²) in [5.74, 6) is 0. The predicted octanol–water partition coefficient (Wildman–Crippen LogP) is 11.5. The first-order valence-electron chi connectivity index (χ1n) is 21.7. The average Bonchev–Trinajstić information content (AvgIpc) is 3.07. The lowest BCUT2D eigenvalue weighted by Gasteiger charge is -2.28. The molecule has 0 aliphatic carbocycles. The maximum Gasteiger partial charge on any atom is 0.0109 e. The SMILES string of the molecule is CCCCCCCCCCCCCCCCN1CCCNCCNCCCN(CCCCCCCCCCCCCCCC)CC1. The summed E-state index contributed by atoms with van der Waals surface area (Å²) >= 11 is 0. The Morgan fingerprint density at radius 2 is 0.565 bits per heavy atom. The Bertz CT molecular complexity index is 508. The van der Waals surface area contributed by atoms with Gasteiger partial charge in [0.05, 0.1) is 0 Å². The van der Waals surface area contributed by atoms with Crippen molar-refractivity contribution < 1.29 is 0 Å². The van der Waals surface area contributed by atoms with Crippen LogP contribution in [-0.2, 0) is 0 Å². The first-order valence-corrected chi connectivity index (χ1v) is 21.7. The lowest BCUT2D eigenvalue weighted by molar-refractivity contribution is 0.193. The van der Waals surface area contributed by atoms with E-state index in [1.54, 1.807) is 0 Å². The van der Waals surface area contributed by atoms with Gasteiger partial charge in [0.25, 0.3) is 0 Å². The highest BCUT2D eigenvalue weighted by Gasteiger charge is 2.10. The molecule has 0 unspecified atom stereocenters. The molecule has 0 atom stereocenters. The molecular weight excluding hydrogens is 560 g/mol. The largest absolute Gasteiger partial charge is 0.315 e. The molecule has 4 heteroatoms. The van der Waals surface area contributed by atoms with Crippen molar-refractivity contribution in [3.8, 4) is 0 Å². The van der Waals surface area contributed by atoms with E-state index in [9.17, 15) is 0 Å². The van der Waals surface area contributed by atoms with Gasteiger partial charge in [-0.05, 0) is 65.0 Å². The van der Waals surface area contributed by atoms with Crippen LogP contribution in [0.25, 0.3) is 0 Å². The van der Waals surface area contributed by atoms with Gasteiger partial charge < -0.3 is 20.4 Å². The summed E-state index contributed by atoms with van der Waals surface area (Å²) in [5, 5.41) is 7.32. The van der Waals surface area contributed by atoms with Crippen LogP contribution in [0.15, 0.2) is 0 Å². The van der Waals surface area contributed by atoms with Crippen molar-refractivity contribution in [2.45, 2.75) is 206 Å². The standard InChI is InChI=1S/C42H88N4/c1-3-5-7-9-11-13-15-17-19-21-23-25-27-29-37-45-39-31-33-43-35-36-44-34-32-40-46(42-41-45)38-30-28-26-24-22-20-18-16-14-12-10-8-6-4-2/h43-44H,3-42H2,1-2H3. The number of hydrogen-bond donors (Lipinski definition) is 2. The van der Waals surface area contributed by atoms with Gasteiger partial charge in [0.1, 0.15) is 0 Å². The Balaban J connectivity index is 2.15. The predicted molar refractivity (Wildman–Crippen MR) is 208 cm³/mol. The third kappa shape index (κ3) is 32.4. The summed E-state index contributed by atoms with van der Waals surface area (Å²) in [6.45, 7) is 16.9. The topological polar surface area (TPSA) is 30.5 Å². The Hall–Kier alpha value is -0.160. The van der Waals surface area contributed by atoms with Crippen molar-refractivity contribution in [1.82, 2.24) is 20.4 Å². The normalized spacial score (nSPS) is 16.6. The van der Waals surface area contributed by atoms with E-state index in [4.69, 9.17) is 0 Å². The molecule has 0 aromatic rings. The van der Waals surface area contributed by atoms with Crippen LogP contribution in [0.3, 0.4) is 0 Å². The van der Waals surface area contributed by atoms with Gasteiger partial charge in [0.2, 0.25) is 0 Å². The van der Waals surface area contributed by atoms with Crippen molar-refractivity contribution in [3.05, 3.63) is 0 Å². The van der Waals surface area contributed by atoms with Gasteiger partial charge in [-0.1, -0.05) is 181 Å². The van der Waals surface area contributed by atoms with E-state index in [0.717, 1.165) is 13.1 Å². The molecule has 4 nitrogen and oxygen atoms in total. The first-order chi connectivity index (χ1) is 22.9. The number of rotatable bonds is 30. The molecule has 1 fully saturated rings. The van der Waals surface area contributed by atoms with Gasteiger partial charge in [0, 0.05) is 26.2 Å². The molecule has 0 saturated carbocycles. The number of hydrogen-bond acceptors (Lipinski definition) is 4. The monoisotopic (exact) mass is 649 g/mol. The molecule has 0 aromatic heterocycles. The molecule has 1 aliphatic rings. The zero-order chi connectivity index (χ0) is 32.9. The maximum absolute atomic E-state index is 3.66. The fourth-order valence-corrected chi connectivity index (χ4v) is 7.30. The van der Waals surface area contributed by atoms with E-state index in [2.05, 4.69) is 34.3 Å². The molecule has 276 valence electrons. The van der Waals surface area contributed by atoms with Crippen LogP contribution in [0.5, 0.6) is 0 Å². The van der Waals surface area contributed by atoms with Gasteiger partial charge >= 0.3 is 0 Å². The van der Waals surface area contributed by atoms with Gasteiger partial charge in [-0.3, -0.25) is 0 Å². The summed E-state index contributed by atoms with van der Waals surface area (Å²) in [5.41, 5.74) is 0. The molecule has 0 amide bonds. The van der Waals surface area contributed by atoms with E-state index in [1.807, 2.05) is 0 Å². The summed E-state index contributed by atoms with van der Waals surface area (Å²) in [7, 11) is 0. The molecule has 0 radical (unpaired) electrons. The Morgan fingerprint density at radius 1 is 0.304 bits per heavy atom. The second-order valence-corrected chi connectivity index (χ2v) is 15.1. The van der Waals surface area contributed by atoms with Crippen LogP contribution in [0.2, 0.25) is 0 Å². The van der Waals surface area contributed by atoms with E-state index in [1.165, 1.54) is 245 Å². The number of nitrogens with one attached hydrogen (secondary N) is 2. The number of nitrogens with zero attached hydrogens (tertiary/aromatic N) is 2. The molecule has 1 aliphatic heterocycles. The third-order valence-electron chi connectivity index (χ3n) is 10.5. The van der Waals surface area contributed by atoms with Crippen molar-refractivity contribution in [2.24, 2.45) is 0 Å². The van der Waals surface area contributed by atoms with Crippen LogP contribution in [0, 0.1) is 0 Å². The summed E-state index contributed by atoms with van der Waals surface area (Å²) in [6.07, 6.45) is 43.2. The zero-order valence-electron chi connectivity index (χ0n) is 32.2. The highest BCUT2D eigenvalue weighted by Crippen LogP contribution is 2.15. The quantitative estimate of drug-likeness (QED) is 0.0759. The second-order valence-electron chi connectivity index (χ2n) is 15.1. The molecule has 0 bridgehead atoms. The van der Waals surface area contributed by atoms with Gasteiger partial charge in [0.15, 0.2) is 0 Å². The van der Waals surface area contributed by atoms with E-state index < -0.39 is 0 Å². The van der Waals surface area contributed by atoms with E-state index in [-0.39, 0.29) is 0 Å². The molecule has 1 rings (SSSR count). The minimum absolute atomic E-state index is 1.11. The Labute approximate surface area is 291 Å². The molecule has 0 spiro atoms. The van der Waals surface area contributed by atoms with Crippen LogP contribution >= 0.6 is 0 Å². The Morgan fingerprint density at radius 3 is 0.848 bits per heavy atom. The lowest BCUT2D eigenvalue weighted by Crippen LogP contribution is -2.39. The van der Waals surface area contributed by atoms with Crippen LogP contribution in [0.1, 0.15) is 206 Å². The molecule has 0 aromatic carbocycles. The van der Waals surface area contributed by atoms with Crippen LogP contribution in [0.4, 0.5) is 0 Å². The molecule has 1 heterocycles. The van der Waals surface area contributed by atoms with Crippen molar-refractivity contribution in [1.29, 1.82) is 0 Å². The highest BCUT2D eigenvalue weighted by molar-refractivity contribution is 4.67. The smallest absolute Gasteiger partial charge is 0.0109 e. The minimum atomic E-state index is 1.11. The van der Waals surface area contributed by atoms with E-state index >= 15 is 0 Å². The minimum Gasteiger partial charge on any atom is -0.315 e. The third-order valence-corrected chi connectivity index (χ3v) is 10.5. The molecular formula is C42H88N4. The molecule has 46 heavy (non-hydrogen) atoms. The molecule has 1 saturated heterocycles. The van der Waals surface area contributed by atoms with Gasteiger partial charge in [-0.2, -0.15) is 0 Å².